The van der Waals surface area contributed by atoms with Crippen LogP contribution in [0, 0.1) is 12.8 Å². The molecule has 0 saturated heterocycles. The summed E-state index contributed by atoms with van der Waals surface area (Å²) < 4.78 is 5.62. The third kappa shape index (κ3) is 4.98. The molecule has 0 radical (unpaired) electrons. The molecular formula is C17H23N3O2. The highest BCUT2D eigenvalue weighted by atomic mass is 16.4. The van der Waals surface area contributed by atoms with Gasteiger partial charge in [-0.05, 0) is 31.4 Å². The van der Waals surface area contributed by atoms with Crippen molar-refractivity contribution < 1.29 is 9.21 Å². The smallest absolute Gasteiger partial charge is 0.247 e. The van der Waals surface area contributed by atoms with Crippen molar-refractivity contribution in [1.82, 2.24) is 15.5 Å². The molecule has 1 aromatic heterocycles. The number of hydrogen-bond acceptors (Lipinski definition) is 4. The molecule has 0 unspecified atom stereocenters. The summed E-state index contributed by atoms with van der Waals surface area (Å²) in [5.41, 5.74) is 2.04. The summed E-state index contributed by atoms with van der Waals surface area (Å²) in [6.45, 7) is 7.01. The van der Waals surface area contributed by atoms with E-state index in [0.29, 0.717) is 30.5 Å². The highest BCUT2D eigenvalue weighted by Gasteiger charge is 2.10. The van der Waals surface area contributed by atoms with Crippen molar-refractivity contribution in [3.8, 4) is 11.5 Å². The second-order valence-corrected chi connectivity index (χ2v) is 5.90. The van der Waals surface area contributed by atoms with E-state index >= 15 is 0 Å². The maximum absolute atomic E-state index is 11.7. The molecule has 0 aliphatic rings. The number of aromatic nitrogens is 2. The molecular weight excluding hydrogens is 278 g/mol. The lowest BCUT2D eigenvalue weighted by Crippen LogP contribution is -2.25. The number of nitrogens with one attached hydrogen (secondary N) is 1. The van der Waals surface area contributed by atoms with E-state index < -0.39 is 0 Å². The zero-order valence-electron chi connectivity index (χ0n) is 13.4. The third-order valence-electron chi connectivity index (χ3n) is 3.34. The molecule has 2 rings (SSSR count). The molecule has 5 heteroatoms. The van der Waals surface area contributed by atoms with E-state index in [-0.39, 0.29) is 5.91 Å². The molecule has 2 aromatic rings. The fourth-order valence-corrected chi connectivity index (χ4v) is 2.06. The molecule has 0 aliphatic heterocycles. The molecule has 0 spiro atoms. The maximum atomic E-state index is 11.7. The van der Waals surface area contributed by atoms with E-state index in [1.807, 2.05) is 31.2 Å². The van der Waals surface area contributed by atoms with Crippen LogP contribution in [0.1, 0.15) is 38.1 Å². The summed E-state index contributed by atoms with van der Waals surface area (Å²) in [5, 5.41) is 10.9. The Hall–Kier alpha value is -2.17. The van der Waals surface area contributed by atoms with Gasteiger partial charge in [-0.3, -0.25) is 4.79 Å². The first-order valence-corrected chi connectivity index (χ1v) is 7.70. The minimum Gasteiger partial charge on any atom is -0.421 e. The lowest BCUT2D eigenvalue weighted by atomic mass is 10.1. The Balaban J connectivity index is 1.83. The molecule has 118 valence electrons. The Morgan fingerprint density at radius 1 is 1.32 bits per heavy atom. The fourth-order valence-electron chi connectivity index (χ4n) is 2.06. The highest BCUT2D eigenvalue weighted by Crippen LogP contribution is 2.19. The largest absolute Gasteiger partial charge is 0.421 e. The van der Waals surface area contributed by atoms with Crippen molar-refractivity contribution in [1.29, 1.82) is 0 Å². The summed E-state index contributed by atoms with van der Waals surface area (Å²) in [6, 6.07) is 7.90. The minimum absolute atomic E-state index is 0.0240. The lowest BCUT2D eigenvalue weighted by Gasteiger charge is -2.06. The quantitative estimate of drug-likeness (QED) is 0.853. The van der Waals surface area contributed by atoms with E-state index in [1.165, 1.54) is 0 Å². The number of carbonyl (C=O) groups is 1. The standard InChI is InChI=1S/C17H23N3O2/c1-12(2)9-10-18-15(21)7-8-16-19-20-17(22-16)14-6-4-5-13(3)11-14/h4-6,11-12H,7-10H2,1-3H3,(H,18,21). The van der Waals surface area contributed by atoms with Crippen LogP contribution in [0.25, 0.3) is 11.5 Å². The molecule has 5 nitrogen and oxygen atoms in total. The van der Waals surface area contributed by atoms with Gasteiger partial charge in [-0.1, -0.05) is 31.5 Å². The summed E-state index contributed by atoms with van der Waals surface area (Å²) >= 11 is 0. The van der Waals surface area contributed by atoms with Gasteiger partial charge in [0, 0.05) is 24.9 Å². The van der Waals surface area contributed by atoms with Crippen LogP contribution >= 0.6 is 0 Å². The molecule has 22 heavy (non-hydrogen) atoms. The van der Waals surface area contributed by atoms with E-state index in [1.54, 1.807) is 0 Å². The molecule has 1 aromatic carbocycles. The molecule has 0 bridgehead atoms. The van der Waals surface area contributed by atoms with Crippen molar-refractivity contribution in [2.75, 3.05) is 6.54 Å². The zero-order valence-corrected chi connectivity index (χ0v) is 13.4. The van der Waals surface area contributed by atoms with Crippen molar-refractivity contribution in [2.24, 2.45) is 5.92 Å². The van der Waals surface area contributed by atoms with Crippen molar-refractivity contribution in [3.05, 3.63) is 35.7 Å². The first kappa shape index (κ1) is 16.2. The lowest BCUT2D eigenvalue weighted by molar-refractivity contribution is -0.121. The van der Waals surface area contributed by atoms with Crippen LogP contribution in [0.4, 0.5) is 0 Å². The van der Waals surface area contributed by atoms with Gasteiger partial charge in [0.15, 0.2) is 0 Å². The zero-order chi connectivity index (χ0) is 15.9. The van der Waals surface area contributed by atoms with Crippen molar-refractivity contribution in [2.45, 2.75) is 40.0 Å². The third-order valence-corrected chi connectivity index (χ3v) is 3.34. The first-order chi connectivity index (χ1) is 10.5. The van der Waals surface area contributed by atoms with E-state index in [9.17, 15) is 4.79 Å². The Morgan fingerprint density at radius 3 is 2.86 bits per heavy atom. The molecule has 0 fully saturated rings. The van der Waals surface area contributed by atoms with Crippen LogP contribution in [0.3, 0.4) is 0 Å². The monoisotopic (exact) mass is 301 g/mol. The van der Waals surface area contributed by atoms with Crippen LogP contribution in [0.5, 0.6) is 0 Å². The van der Waals surface area contributed by atoms with Crippen LogP contribution in [0.2, 0.25) is 0 Å². The van der Waals surface area contributed by atoms with Crippen LogP contribution in [0.15, 0.2) is 28.7 Å². The van der Waals surface area contributed by atoms with Gasteiger partial charge in [0.05, 0.1) is 0 Å². The van der Waals surface area contributed by atoms with E-state index in [4.69, 9.17) is 4.42 Å². The topological polar surface area (TPSA) is 68.0 Å². The van der Waals surface area contributed by atoms with Gasteiger partial charge in [0.25, 0.3) is 0 Å². The number of nitrogens with zero attached hydrogens (tertiary/aromatic N) is 2. The highest BCUT2D eigenvalue weighted by molar-refractivity contribution is 5.75. The van der Waals surface area contributed by atoms with E-state index in [0.717, 1.165) is 24.1 Å². The molecule has 1 N–H and O–H groups in total. The van der Waals surface area contributed by atoms with Crippen LogP contribution in [-0.2, 0) is 11.2 Å². The second-order valence-electron chi connectivity index (χ2n) is 5.90. The summed E-state index contributed by atoms with van der Waals surface area (Å²) in [6.07, 6.45) is 1.82. The Bertz CT molecular complexity index is 620. The number of rotatable bonds is 7. The first-order valence-electron chi connectivity index (χ1n) is 7.70. The van der Waals surface area contributed by atoms with Gasteiger partial charge >= 0.3 is 0 Å². The minimum atomic E-state index is 0.0240. The van der Waals surface area contributed by atoms with Crippen LogP contribution in [-0.4, -0.2) is 22.6 Å². The number of benzene rings is 1. The maximum Gasteiger partial charge on any atom is 0.247 e. The van der Waals surface area contributed by atoms with Gasteiger partial charge in [-0.2, -0.15) is 0 Å². The predicted octanol–water partition coefficient (Wildman–Crippen LogP) is 3.14. The van der Waals surface area contributed by atoms with Gasteiger partial charge in [0.1, 0.15) is 0 Å². The molecule has 0 saturated carbocycles. The summed E-state index contributed by atoms with van der Waals surface area (Å²) in [4.78, 5) is 11.7. The SMILES string of the molecule is Cc1cccc(-c2nnc(CCC(=O)NCCC(C)C)o2)c1. The van der Waals surface area contributed by atoms with Gasteiger partial charge in [-0.15, -0.1) is 10.2 Å². The van der Waals surface area contributed by atoms with Crippen molar-refractivity contribution >= 4 is 5.91 Å². The van der Waals surface area contributed by atoms with Crippen molar-refractivity contribution in [3.63, 3.8) is 0 Å². The Morgan fingerprint density at radius 2 is 2.14 bits per heavy atom. The number of hydrogen-bond donors (Lipinski definition) is 1. The average Bonchev–Trinajstić information content (AvgIpc) is 2.93. The summed E-state index contributed by atoms with van der Waals surface area (Å²) in [7, 11) is 0. The fraction of sp³-hybridized carbons (Fsp3) is 0.471. The molecule has 0 atom stereocenters. The number of amides is 1. The molecule has 1 heterocycles. The molecule has 1 amide bonds. The van der Waals surface area contributed by atoms with Gasteiger partial charge < -0.3 is 9.73 Å². The Kier molecular flexibility index (Phi) is 5.69. The summed E-state index contributed by atoms with van der Waals surface area (Å²) in [5.74, 6) is 1.61. The molecule has 0 aliphatic carbocycles. The van der Waals surface area contributed by atoms with Gasteiger partial charge in [-0.25, -0.2) is 0 Å². The second kappa shape index (κ2) is 7.73. The van der Waals surface area contributed by atoms with E-state index in [2.05, 4.69) is 29.4 Å². The van der Waals surface area contributed by atoms with Gasteiger partial charge in [0.2, 0.25) is 17.7 Å². The normalized spacial score (nSPS) is 10.9. The number of carbonyl (C=O) groups excluding carboxylic acids is 1. The number of aryl methyl sites for hydroxylation is 2. The predicted molar refractivity (Wildman–Crippen MR) is 85.3 cm³/mol. The Labute approximate surface area is 131 Å². The van der Waals surface area contributed by atoms with Crippen LogP contribution < -0.4 is 5.32 Å². The average molecular weight is 301 g/mol.